The van der Waals surface area contributed by atoms with Gasteiger partial charge < -0.3 is 5.73 Å². The Kier molecular flexibility index (Phi) is 4.95. The number of benzene rings is 1. The maximum Gasteiger partial charge on any atom is 0.0943 e. The highest BCUT2D eigenvalue weighted by molar-refractivity contribution is 7.09. The molecule has 0 saturated heterocycles. The highest BCUT2D eigenvalue weighted by atomic mass is 32.1. The van der Waals surface area contributed by atoms with Crippen molar-refractivity contribution in [1.82, 2.24) is 4.98 Å². The van der Waals surface area contributed by atoms with Crippen LogP contribution in [-0.2, 0) is 11.8 Å². The normalized spacial score (nSPS) is 13.4. The molecule has 108 valence electrons. The van der Waals surface area contributed by atoms with E-state index in [0.29, 0.717) is 0 Å². The van der Waals surface area contributed by atoms with Gasteiger partial charge in [-0.2, -0.15) is 0 Å². The molecule has 1 atom stereocenters. The van der Waals surface area contributed by atoms with Crippen molar-refractivity contribution in [2.75, 3.05) is 0 Å². The molecule has 1 aromatic carbocycles. The molecule has 2 aromatic rings. The van der Waals surface area contributed by atoms with E-state index in [2.05, 4.69) is 54.5 Å². The molecule has 0 bridgehead atoms. The Balaban J connectivity index is 2.28. The Morgan fingerprint density at radius 2 is 1.85 bits per heavy atom. The number of hydrogen-bond donors (Lipinski definition) is 1. The first-order chi connectivity index (χ1) is 9.62. The molecule has 0 spiro atoms. The molecule has 0 aliphatic rings. The largest absolute Gasteiger partial charge is 0.327 e. The molecule has 20 heavy (non-hydrogen) atoms. The Bertz CT molecular complexity index is 529. The summed E-state index contributed by atoms with van der Waals surface area (Å²) in [5.41, 5.74) is 9.10. The molecule has 1 unspecified atom stereocenters. The van der Waals surface area contributed by atoms with E-state index in [4.69, 9.17) is 5.73 Å². The van der Waals surface area contributed by atoms with Gasteiger partial charge in [-0.05, 0) is 25.3 Å². The minimum absolute atomic E-state index is 0.0425. The van der Waals surface area contributed by atoms with Crippen LogP contribution in [0.4, 0.5) is 0 Å². The zero-order chi connectivity index (χ0) is 14.6. The summed E-state index contributed by atoms with van der Waals surface area (Å²) in [5.74, 6) is 0. The Morgan fingerprint density at radius 3 is 2.35 bits per heavy atom. The number of thiazole rings is 1. The third-order valence-electron chi connectivity index (χ3n) is 4.38. The van der Waals surface area contributed by atoms with Crippen LogP contribution in [0, 0.1) is 6.92 Å². The summed E-state index contributed by atoms with van der Waals surface area (Å²) in [6.45, 7) is 6.52. The van der Waals surface area contributed by atoms with Crippen molar-refractivity contribution in [3.8, 4) is 0 Å². The van der Waals surface area contributed by atoms with Crippen molar-refractivity contribution in [2.24, 2.45) is 5.73 Å². The summed E-state index contributed by atoms with van der Waals surface area (Å²) in [4.78, 5) is 4.56. The molecule has 0 aliphatic carbocycles. The zero-order valence-electron chi connectivity index (χ0n) is 12.6. The van der Waals surface area contributed by atoms with Crippen molar-refractivity contribution in [3.63, 3.8) is 0 Å². The number of aryl methyl sites for hydroxylation is 1. The van der Waals surface area contributed by atoms with Crippen LogP contribution < -0.4 is 5.73 Å². The first-order valence-corrected chi connectivity index (χ1v) is 8.22. The van der Waals surface area contributed by atoms with E-state index in [9.17, 15) is 0 Å². The number of nitrogens with two attached hydrogens (primary N) is 1. The lowest BCUT2D eigenvalue weighted by molar-refractivity contribution is 0.314. The van der Waals surface area contributed by atoms with Gasteiger partial charge in [0.05, 0.1) is 5.01 Å². The highest BCUT2D eigenvalue weighted by Gasteiger charge is 2.35. The second-order valence-corrected chi connectivity index (χ2v) is 6.37. The van der Waals surface area contributed by atoms with Crippen LogP contribution in [0.2, 0.25) is 0 Å². The summed E-state index contributed by atoms with van der Waals surface area (Å²) in [6, 6.07) is 10.8. The third kappa shape index (κ3) is 2.94. The SMILES string of the molecule is CCC(CC)(c1ccccc1)C(N)Cc1nc(C)cs1. The molecule has 2 rings (SSSR count). The fourth-order valence-electron chi connectivity index (χ4n) is 3.05. The Labute approximate surface area is 126 Å². The van der Waals surface area contributed by atoms with Gasteiger partial charge in [0.2, 0.25) is 0 Å². The molecule has 0 aliphatic heterocycles. The summed E-state index contributed by atoms with van der Waals surface area (Å²) in [5, 5.41) is 3.25. The van der Waals surface area contributed by atoms with Crippen LogP contribution in [0.1, 0.15) is 43.0 Å². The van der Waals surface area contributed by atoms with E-state index >= 15 is 0 Å². The van der Waals surface area contributed by atoms with E-state index in [-0.39, 0.29) is 11.5 Å². The first-order valence-electron chi connectivity index (χ1n) is 7.34. The van der Waals surface area contributed by atoms with Crippen molar-refractivity contribution >= 4 is 11.3 Å². The fourth-order valence-corrected chi connectivity index (χ4v) is 3.88. The maximum atomic E-state index is 6.61. The maximum absolute atomic E-state index is 6.61. The van der Waals surface area contributed by atoms with Crippen LogP contribution in [-0.4, -0.2) is 11.0 Å². The standard InChI is InChI=1S/C17H24N2S/c1-4-17(5-2,14-9-7-6-8-10-14)15(18)11-16-19-13(3)12-20-16/h6-10,12,15H,4-5,11,18H2,1-3H3. The fraction of sp³-hybridized carbons (Fsp3) is 0.471. The highest BCUT2D eigenvalue weighted by Crippen LogP contribution is 2.35. The lowest BCUT2D eigenvalue weighted by Crippen LogP contribution is -2.46. The minimum Gasteiger partial charge on any atom is -0.327 e. The summed E-state index contributed by atoms with van der Waals surface area (Å²) in [7, 11) is 0. The molecule has 1 aromatic heterocycles. The smallest absolute Gasteiger partial charge is 0.0943 e. The second kappa shape index (κ2) is 6.51. The summed E-state index contributed by atoms with van der Waals surface area (Å²) in [6.07, 6.45) is 2.97. The zero-order valence-corrected chi connectivity index (χ0v) is 13.4. The van der Waals surface area contributed by atoms with Crippen molar-refractivity contribution in [3.05, 3.63) is 52.0 Å². The Hall–Kier alpha value is -1.19. The topological polar surface area (TPSA) is 38.9 Å². The van der Waals surface area contributed by atoms with Gasteiger partial charge in [0.1, 0.15) is 0 Å². The number of hydrogen-bond acceptors (Lipinski definition) is 3. The van der Waals surface area contributed by atoms with Crippen molar-refractivity contribution in [2.45, 2.75) is 51.5 Å². The molecular weight excluding hydrogens is 264 g/mol. The molecular formula is C17H24N2S. The number of nitrogens with zero attached hydrogens (tertiary/aromatic N) is 1. The molecule has 2 N–H and O–H groups in total. The van der Waals surface area contributed by atoms with Gasteiger partial charge in [0.15, 0.2) is 0 Å². The van der Waals surface area contributed by atoms with Crippen LogP contribution >= 0.6 is 11.3 Å². The number of rotatable bonds is 6. The average molecular weight is 288 g/mol. The molecule has 0 amide bonds. The van der Waals surface area contributed by atoms with Gasteiger partial charge in [0, 0.05) is 29.0 Å². The summed E-state index contributed by atoms with van der Waals surface area (Å²) >= 11 is 1.72. The predicted molar refractivity (Wildman–Crippen MR) is 87.2 cm³/mol. The van der Waals surface area contributed by atoms with Gasteiger partial charge in [-0.1, -0.05) is 44.2 Å². The van der Waals surface area contributed by atoms with Gasteiger partial charge >= 0.3 is 0 Å². The lowest BCUT2D eigenvalue weighted by Gasteiger charge is -2.38. The van der Waals surface area contributed by atoms with E-state index in [1.807, 2.05) is 6.92 Å². The Morgan fingerprint density at radius 1 is 1.20 bits per heavy atom. The molecule has 3 heteroatoms. The molecule has 1 heterocycles. The predicted octanol–water partition coefficient (Wildman–Crippen LogP) is 4.08. The average Bonchev–Trinajstić information content (AvgIpc) is 2.87. The van der Waals surface area contributed by atoms with E-state index in [1.54, 1.807) is 11.3 Å². The second-order valence-electron chi connectivity index (χ2n) is 5.42. The molecule has 2 nitrogen and oxygen atoms in total. The monoisotopic (exact) mass is 288 g/mol. The minimum atomic E-state index is 0.0425. The van der Waals surface area contributed by atoms with Crippen LogP contribution in [0.15, 0.2) is 35.7 Å². The summed E-state index contributed by atoms with van der Waals surface area (Å²) < 4.78 is 0. The van der Waals surface area contributed by atoms with Gasteiger partial charge in [-0.25, -0.2) is 4.98 Å². The van der Waals surface area contributed by atoms with E-state index in [1.165, 1.54) is 5.56 Å². The lowest BCUT2D eigenvalue weighted by atomic mass is 9.69. The van der Waals surface area contributed by atoms with Crippen molar-refractivity contribution in [1.29, 1.82) is 0 Å². The van der Waals surface area contributed by atoms with Gasteiger partial charge in [0.25, 0.3) is 0 Å². The van der Waals surface area contributed by atoms with Crippen LogP contribution in [0.5, 0.6) is 0 Å². The van der Waals surface area contributed by atoms with Crippen molar-refractivity contribution < 1.29 is 0 Å². The third-order valence-corrected chi connectivity index (χ3v) is 5.37. The van der Waals surface area contributed by atoms with E-state index < -0.39 is 0 Å². The van der Waals surface area contributed by atoms with Crippen LogP contribution in [0.25, 0.3) is 0 Å². The quantitative estimate of drug-likeness (QED) is 0.870. The van der Waals surface area contributed by atoms with Gasteiger partial charge in [-0.15, -0.1) is 11.3 Å². The van der Waals surface area contributed by atoms with E-state index in [0.717, 1.165) is 30.0 Å². The molecule has 0 fully saturated rings. The van der Waals surface area contributed by atoms with Crippen LogP contribution in [0.3, 0.4) is 0 Å². The number of aromatic nitrogens is 1. The molecule has 0 radical (unpaired) electrons. The van der Waals surface area contributed by atoms with Gasteiger partial charge in [-0.3, -0.25) is 0 Å². The molecule has 0 saturated carbocycles. The first kappa shape index (κ1) is 15.2.